The van der Waals surface area contributed by atoms with E-state index in [0.717, 1.165) is 12.1 Å². The van der Waals surface area contributed by atoms with Crippen molar-refractivity contribution in [2.45, 2.75) is 71.8 Å². The van der Waals surface area contributed by atoms with Gasteiger partial charge in [-0.15, -0.1) is 0 Å². The molecular formula is C18H29N3. The lowest BCUT2D eigenvalue weighted by Gasteiger charge is -2.06. The Bertz CT molecular complexity index is 557. The maximum absolute atomic E-state index is 6.07. The molecule has 0 bridgehead atoms. The Labute approximate surface area is 128 Å². The Morgan fingerprint density at radius 1 is 1.00 bits per heavy atom. The highest BCUT2D eigenvalue weighted by molar-refractivity contribution is 5.81. The van der Waals surface area contributed by atoms with Gasteiger partial charge in [0.1, 0.15) is 0 Å². The third-order valence-corrected chi connectivity index (χ3v) is 4.25. The summed E-state index contributed by atoms with van der Waals surface area (Å²) in [6, 6.07) is 6.30. The van der Waals surface area contributed by atoms with Gasteiger partial charge < -0.3 is 10.3 Å². The van der Waals surface area contributed by atoms with E-state index >= 15 is 0 Å². The van der Waals surface area contributed by atoms with Gasteiger partial charge >= 0.3 is 0 Å². The maximum Gasteiger partial charge on any atom is 0.201 e. The van der Waals surface area contributed by atoms with Crippen molar-refractivity contribution in [2.75, 3.05) is 5.73 Å². The van der Waals surface area contributed by atoms with Crippen LogP contribution in [0.2, 0.25) is 0 Å². The number of nitrogen functional groups attached to an aromatic ring is 1. The second-order valence-corrected chi connectivity index (χ2v) is 6.04. The summed E-state index contributed by atoms with van der Waals surface area (Å²) in [4.78, 5) is 4.50. The number of hydrogen-bond acceptors (Lipinski definition) is 2. The minimum absolute atomic E-state index is 0.655. The SMILES string of the molecule is CCCCCCCCCCn1c(N)nc2c(C)cccc21. The van der Waals surface area contributed by atoms with Crippen molar-refractivity contribution >= 4 is 17.0 Å². The highest BCUT2D eigenvalue weighted by atomic mass is 15.1. The molecule has 3 heteroatoms. The van der Waals surface area contributed by atoms with Gasteiger partial charge in [0.15, 0.2) is 0 Å². The molecule has 1 aromatic heterocycles. The molecule has 3 nitrogen and oxygen atoms in total. The minimum atomic E-state index is 0.655. The summed E-state index contributed by atoms with van der Waals surface area (Å²) in [5.41, 5.74) is 9.50. The fourth-order valence-corrected chi connectivity index (χ4v) is 2.94. The van der Waals surface area contributed by atoms with Crippen LogP contribution in [0.1, 0.15) is 63.9 Å². The molecule has 116 valence electrons. The fourth-order valence-electron chi connectivity index (χ4n) is 2.94. The van der Waals surface area contributed by atoms with E-state index in [-0.39, 0.29) is 0 Å². The zero-order valence-electron chi connectivity index (χ0n) is 13.6. The smallest absolute Gasteiger partial charge is 0.201 e. The molecule has 0 saturated carbocycles. The van der Waals surface area contributed by atoms with Crippen LogP contribution in [-0.4, -0.2) is 9.55 Å². The Balaban J connectivity index is 1.79. The van der Waals surface area contributed by atoms with E-state index in [9.17, 15) is 0 Å². The van der Waals surface area contributed by atoms with Gasteiger partial charge in [0.2, 0.25) is 5.95 Å². The van der Waals surface area contributed by atoms with Crippen LogP contribution in [0.5, 0.6) is 0 Å². The predicted molar refractivity (Wildman–Crippen MR) is 91.5 cm³/mol. The summed E-state index contributed by atoms with van der Waals surface area (Å²) in [6.45, 7) is 5.34. The summed E-state index contributed by atoms with van der Waals surface area (Å²) in [5.74, 6) is 0.655. The first-order valence-corrected chi connectivity index (χ1v) is 8.45. The van der Waals surface area contributed by atoms with Crippen LogP contribution in [0.15, 0.2) is 18.2 Å². The van der Waals surface area contributed by atoms with E-state index in [0.29, 0.717) is 5.95 Å². The number of aryl methyl sites for hydroxylation is 2. The Kier molecular flexibility index (Phi) is 6.09. The van der Waals surface area contributed by atoms with Crippen LogP contribution in [0.4, 0.5) is 5.95 Å². The lowest BCUT2D eigenvalue weighted by molar-refractivity contribution is 0.550. The third-order valence-electron chi connectivity index (χ3n) is 4.25. The quantitative estimate of drug-likeness (QED) is 0.654. The van der Waals surface area contributed by atoms with Crippen LogP contribution in [0.3, 0.4) is 0 Å². The van der Waals surface area contributed by atoms with Crippen LogP contribution in [0.25, 0.3) is 11.0 Å². The Morgan fingerprint density at radius 3 is 2.38 bits per heavy atom. The average molecular weight is 287 g/mol. The molecule has 2 N–H and O–H groups in total. The average Bonchev–Trinajstić information content (AvgIpc) is 2.80. The van der Waals surface area contributed by atoms with Crippen LogP contribution >= 0.6 is 0 Å². The fraction of sp³-hybridized carbons (Fsp3) is 0.611. The van der Waals surface area contributed by atoms with E-state index in [4.69, 9.17) is 5.73 Å². The van der Waals surface area contributed by atoms with Gasteiger partial charge in [0.05, 0.1) is 11.0 Å². The summed E-state index contributed by atoms with van der Waals surface area (Å²) in [7, 11) is 0. The number of nitrogens with two attached hydrogens (primary N) is 1. The van der Waals surface area contributed by atoms with Crippen molar-refractivity contribution in [3.8, 4) is 0 Å². The molecule has 1 heterocycles. The molecule has 0 aliphatic rings. The molecule has 0 aliphatic heterocycles. The molecule has 2 rings (SSSR count). The summed E-state index contributed by atoms with van der Waals surface area (Å²) < 4.78 is 2.17. The first kappa shape index (κ1) is 15.9. The number of unbranched alkanes of at least 4 members (excludes halogenated alkanes) is 7. The number of imidazole rings is 1. The number of rotatable bonds is 9. The van der Waals surface area contributed by atoms with E-state index in [1.165, 1.54) is 62.4 Å². The molecular weight excluding hydrogens is 258 g/mol. The molecule has 0 atom stereocenters. The van der Waals surface area contributed by atoms with Crippen LogP contribution in [-0.2, 0) is 6.54 Å². The highest BCUT2D eigenvalue weighted by Crippen LogP contribution is 2.21. The normalized spacial score (nSPS) is 11.3. The first-order chi connectivity index (χ1) is 10.2. The van der Waals surface area contributed by atoms with Gasteiger partial charge in [-0.2, -0.15) is 0 Å². The maximum atomic E-state index is 6.07. The molecule has 0 radical (unpaired) electrons. The number of anilines is 1. The number of benzene rings is 1. The largest absolute Gasteiger partial charge is 0.369 e. The van der Waals surface area contributed by atoms with Crippen molar-refractivity contribution in [1.82, 2.24) is 9.55 Å². The Morgan fingerprint density at radius 2 is 1.67 bits per heavy atom. The molecule has 0 aliphatic carbocycles. The van der Waals surface area contributed by atoms with Gasteiger partial charge in [-0.25, -0.2) is 4.98 Å². The predicted octanol–water partition coefficient (Wildman–Crippen LogP) is 5.07. The number of para-hydroxylation sites is 1. The summed E-state index contributed by atoms with van der Waals surface area (Å²) in [5, 5.41) is 0. The first-order valence-electron chi connectivity index (χ1n) is 8.45. The number of nitrogens with zero attached hydrogens (tertiary/aromatic N) is 2. The second kappa shape index (κ2) is 8.06. The summed E-state index contributed by atoms with van der Waals surface area (Å²) >= 11 is 0. The lowest BCUT2D eigenvalue weighted by Crippen LogP contribution is -2.03. The number of aromatic nitrogens is 2. The second-order valence-electron chi connectivity index (χ2n) is 6.04. The zero-order valence-corrected chi connectivity index (χ0v) is 13.6. The molecule has 0 spiro atoms. The molecule has 21 heavy (non-hydrogen) atoms. The monoisotopic (exact) mass is 287 g/mol. The standard InChI is InChI=1S/C18H29N3/c1-3-4-5-6-7-8-9-10-14-21-16-13-11-12-15(2)17(16)20-18(21)19/h11-13H,3-10,14H2,1-2H3,(H2,19,20). The van der Waals surface area contributed by atoms with Gasteiger partial charge in [-0.1, -0.05) is 64.0 Å². The van der Waals surface area contributed by atoms with E-state index in [1.54, 1.807) is 0 Å². The molecule has 1 aromatic carbocycles. The third kappa shape index (κ3) is 4.23. The van der Waals surface area contributed by atoms with Gasteiger partial charge in [-0.3, -0.25) is 0 Å². The van der Waals surface area contributed by atoms with E-state index in [1.807, 2.05) is 0 Å². The zero-order chi connectivity index (χ0) is 15.1. The van der Waals surface area contributed by atoms with Crippen molar-refractivity contribution < 1.29 is 0 Å². The molecule has 0 saturated heterocycles. The molecule has 0 fully saturated rings. The molecule has 0 unspecified atom stereocenters. The van der Waals surface area contributed by atoms with Gasteiger partial charge in [0.25, 0.3) is 0 Å². The molecule has 0 amide bonds. The topological polar surface area (TPSA) is 43.8 Å². The van der Waals surface area contributed by atoms with Crippen molar-refractivity contribution in [3.63, 3.8) is 0 Å². The number of hydrogen-bond donors (Lipinski definition) is 1. The van der Waals surface area contributed by atoms with E-state index < -0.39 is 0 Å². The van der Waals surface area contributed by atoms with Crippen molar-refractivity contribution in [1.29, 1.82) is 0 Å². The van der Waals surface area contributed by atoms with Crippen molar-refractivity contribution in [3.05, 3.63) is 23.8 Å². The number of fused-ring (bicyclic) bond motifs is 1. The van der Waals surface area contributed by atoms with Crippen molar-refractivity contribution in [2.24, 2.45) is 0 Å². The van der Waals surface area contributed by atoms with Crippen LogP contribution in [0, 0.1) is 6.92 Å². The van der Waals surface area contributed by atoms with Crippen LogP contribution < -0.4 is 5.73 Å². The highest BCUT2D eigenvalue weighted by Gasteiger charge is 2.08. The van der Waals surface area contributed by atoms with Gasteiger partial charge in [-0.05, 0) is 25.0 Å². The minimum Gasteiger partial charge on any atom is -0.369 e. The van der Waals surface area contributed by atoms with E-state index in [2.05, 4.69) is 41.6 Å². The Hall–Kier alpha value is -1.51. The lowest BCUT2D eigenvalue weighted by atomic mass is 10.1. The summed E-state index contributed by atoms with van der Waals surface area (Å²) in [6.07, 6.45) is 10.7. The molecule has 2 aromatic rings. The van der Waals surface area contributed by atoms with Gasteiger partial charge in [0, 0.05) is 6.54 Å².